The minimum absolute atomic E-state index is 0.769. The number of nitrogens with one attached hydrogen (secondary N) is 1. The molecule has 9 heavy (non-hydrogen) atoms. The molecule has 2 atom stereocenters. The molecule has 0 amide bonds. The minimum Gasteiger partial charge on any atom is -0.319 e. The molecule has 1 N–H and O–H groups in total. The topological polar surface area (TPSA) is 12.0 Å². The van der Waals surface area contributed by atoms with E-state index in [-0.39, 0.29) is 0 Å². The van der Waals surface area contributed by atoms with E-state index in [0.717, 1.165) is 18.4 Å². The van der Waals surface area contributed by atoms with Gasteiger partial charge >= 0.3 is 0 Å². The summed E-state index contributed by atoms with van der Waals surface area (Å²) in [5, 5.41) is 3.16. The van der Waals surface area contributed by atoms with Gasteiger partial charge in [-0.1, -0.05) is 19.1 Å². The van der Waals surface area contributed by atoms with Gasteiger partial charge in [-0.2, -0.15) is 0 Å². The second kappa shape index (κ2) is 2.53. The Hall–Kier alpha value is -0.300. The van der Waals surface area contributed by atoms with Crippen molar-refractivity contribution in [3.8, 4) is 0 Å². The summed E-state index contributed by atoms with van der Waals surface area (Å²) < 4.78 is 0. The van der Waals surface area contributed by atoms with Crippen LogP contribution in [0.2, 0.25) is 0 Å². The maximum absolute atomic E-state index is 4.00. The minimum atomic E-state index is 0.769. The highest BCUT2D eigenvalue weighted by Crippen LogP contribution is 2.37. The molecule has 0 aromatic rings. The van der Waals surface area contributed by atoms with Crippen molar-refractivity contribution in [3.63, 3.8) is 0 Å². The van der Waals surface area contributed by atoms with Crippen LogP contribution in [-0.2, 0) is 0 Å². The smallest absolute Gasteiger partial charge is 0.00141 e. The Morgan fingerprint density at radius 3 is 2.78 bits per heavy atom. The molecule has 0 spiro atoms. The summed E-state index contributed by atoms with van der Waals surface area (Å²) in [6.45, 7) is 7.36. The highest BCUT2D eigenvalue weighted by Gasteiger charge is 2.28. The lowest BCUT2D eigenvalue weighted by Gasteiger charge is -2.35. The highest BCUT2D eigenvalue weighted by molar-refractivity contribution is 5.15. The van der Waals surface area contributed by atoms with E-state index in [9.17, 15) is 0 Å². The van der Waals surface area contributed by atoms with E-state index in [1.165, 1.54) is 12.0 Å². The molecule has 0 heterocycles. The van der Waals surface area contributed by atoms with Crippen molar-refractivity contribution >= 4 is 0 Å². The van der Waals surface area contributed by atoms with Gasteiger partial charge in [-0.25, -0.2) is 0 Å². The van der Waals surface area contributed by atoms with Crippen molar-refractivity contribution < 1.29 is 0 Å². The zero-order chi connectivity index (χ0) is 6.85. The van der Waals surface area contributed by atoms with Crippen LogP contribution in [0.1, 0.15) is 13.3 Å². The summed E-state index contributed by atoms with van der Waals surface area (Å²) in [5.74, 6) is 1.55. The average molecular weight is 125 g/mol. The van der Waals surface area contributed by atoms with Crippen LogP contribution in [0.4, 0.5) is 0 Å². The first kappa shape index (κ1) is 6.81. The molecular weight excluding hydrogens is 110 g/mol. The molecule has 1 nitrogen and oxygen atoms in total. The van der Waals surface area contributed by atoms with Crippen molar-refractivity contribution in [1.29, 1.82) is 0 Å². The van der Waals surface area contributed by atoms with Gasteiger partial charge in [0, 0.05) is 6.54 Å². The van der Waals surface area contributed by atoms with Gasteiger partial charge in [-0.05, 0) is 25.3 Å². The van der Waals surface area contributed by atoms with Crippen LogP contribution < -0.4 is 5.32 Å². The van der Waals surface area contributed by atoms with Crippen LogP contribution in [0.3, 0.4) is 0 Å². The Bertz CT molecular complexity index is 116. The van der Waals surface area contributed by atoms with E-state index in [0.29, 0.717) is 0 Å². The van der Waals surface area contributed by atoms with Crippen LogP contribution in [0, 0.1) is 11.8 Å². The summed E-state index contributed by atoms with van der Waals surface area (Å²) in [7, 11) is 2.00. The molecule has 1 heteroatoms. The van der Waals surface area contributed by atoms with Gasteiger partial charge in [0.1, 0.15) is 0 Å². The van der Waals surface area contributed by atoms with E-state index in [1.54, 1.807) is 0 Å². The summed E-state index contributed by atoms with van der Waals surface area (Å²) in [6.07, 6.45) is 1.33. The van der Waals surface area contributed by atoms with Crippen LogP contribution >= 0.6 is 0 Å². The van der Waals surface area contributed by atoms with Gasteiger partial charge in [0.15, 0.2) is 0 Å². The Kier molecular flexibility index (Phi) is 1.91. The first-order chi connectivity index (χ1) is 4.25. The van der Waals surface area contributed by atoms with E-state index in [2.05, 4.69) is 18.8 Å². The van der Waals surface area contributed by atoms with Gasteiger partial charge in [0.2, 0.25) is 0 Å². The summed E-state index contributed by atoms with van der Waals surface area (Å²) in [4.78, 5) is 0. The molecule has 1 rings (SSSR count). The fourth-order valence-corrected chi connectivity index (χ4v) is 1.43. The second-order valence-corrected chi connectivity index (χ2v) is 2.97. The lowest BCUT2D eigenvalue weighted by molar-refractivity contribution is 0.331. The Morgan fingerprint density at radius 2 is 2.44 bits per heavy atom. The van der Waals surface area contributed by atoms with Crippen molar-refractivity contribution in [2.75, 3.05) is 13.6 Å². The molecule has 2 unspecified atom stereocenters. The lowest BCUT2D eigenvalue weighted by Crippen LogP contribution is -2.32. The molecule has 52 valence electrons. The van der Waals surface area contributed by atoms with Crippen LogP contribution in [-0.4, -0.2) is 13.6 Å². The number of hydrogen-bond acceptors (Lipinski definition) is 1. The van der Waals surface area contributed by atoms with Crippen LogP contribution in [0.15, 0.2) is 12.2 Å². The van der Waals surface area contributed by atoms with Gasteiger partial charge in [-0.15, -0.1) is 0 Å². The Labute approximate surface area is 57.1 Å². The van der Waals surface area contributed by atoms with E-state index < -0.39 is 0 Å². The fraction of sp³-hybridized carbons (Fsp3) is 0.750. The molecule has 1 saturated carbocycles. The summed E-state index contributed by atoms with van der Waals surface area (Å²) in [5.41, 5.74) is 1.43. The molecular formula is C8H15N. The molecule has 0 aromatic carbocycles. The third-order valence-corrected chi connectivity index (χ3v) is 2.25. The summed E-state index contributed by atoms with van der Waals surface area (Å²) in [6, 6.07) is 0. The molecule has 0 saturated heterocycles. The molecule has 1 aliphatic carbocycles. The second-order valence-electron chi connectivity index (χ2n) is 2.97. The standard InChI is InChI=1S/C8H15N/c1-6-4-8(5-9-3)7(6)2/h6,8-9H,2,4-5H2,1,3H3. The molecule has 1 aliphatic rings. The van der Waals surface area contributed by atoms with Crippen molar-refractivity contribution in [2.24, 2.45) is 11.8 Å². The Balaban J connectivity index is 2.25. The van der Waals surface area contributed by atoms with Crippen LogP contribution in [0.5, 0.6) is 0 Å². The first-order valence-corrected chi connectivity index (χ1v) is 3.59. The fourth-order valence-electron chi connectivity index (χ4n) is 1.43. The predicted octanol–water partition coefficient (Wildman–Crippen LogP) is 1.42. The van der Waals surface area contributed by atoms with E-state index >= 15 is 0 Å². The van der Waals surface area contributed by atoms with Crippen LogP contribution in [0.25, 0.3) is 0 Å². The molecule has 0 radical (unpaired) electrons. The van der Waals surface area contributed by atoms with E-state index in [1.807, 2.05) is 7.05 Å². The highest BCUT2D eigenvalue weighted by atomic mass is 14.8. The molecule has 0 aromatic heterocycles. The van der Waals surface area contributed by atoms with Gasteiger partial charge < -0.3 is 5.32 Å². The maximum Gasteiger partial charge on any atom is 0.00141 e. The quantitative estimate of drug-likeness (QED) is 0.550. The zero-order valence-electron chi connectivity index (χ0n) is 6.28. The molecule has 0 bridgehead atoms. The normalized spacial score (nSPS) is 34.2. The predicted molar refractivity (Wildman–Crippen MR) is 40.3 cm³/mol. The van der Waals surface area contributed by atoms with E-state index in [4.69, 9.17) is 0 Å². The Morgan fingerprint density at radius 1 is 1.78 bits per heavy atom. The molecule has 0 aliphatic heterocycles. The zero-order valence-corrected chi connectivity index (χ0v) is 6.28. The van der Waals surface area contributed by atoms with Crippen molar-refractivity contribution in [1.82, 2.24) is 5.32 Å². The molecule has 1 fully saturated rings. The third kappa shape index (κ3) is 1.16. The third-order valence-electron chi connectivity index (χ3n) is 2.25. The summed E-state index contributed by atoms with van der Waals surface area (Å²) >= 11 is 0. The largest absolute Gasteiger partial charge is 0.319 e. The van der Waals surface area contributed by atoms with Crippen molar-refractivity contribution in [3.05, 3.63) is 12.2 Å². The van der Waals surface area contributed by atoms with Gasteiger partial charge in [0.05, 0.1) is 0 Å². The van der Waals surface area contributed by atoms with Gasteiger partial charge in [-0.3, -0.25) is 0 Å². The average Bonchev–Trinajstić information content (AvgIpc) is 1.88. The number of hydrogen-bond donors (Lipinski definition) is 1. The SMILES string of the molecule is C=C1C(C)CC1CNC. The lowest BCUT2D eigenvalue weighted by atomic mass is 9.72. The first-order valence-electron chi connectivity index (χ1n) is 3.59. The van der Waals surface area contributed by atoms with Gasteiger partial charge in [0.25, 0.3) is 0 Å². The monoisotopic (exact) mass is 125 g/mol. The maximum atomic E-state index is 4.00. The number of rotatable bonds is 2. The van der Waals surface area contributed by atoms with Crippen molar-refractivity contribution in [2.45, 2.75) is 13.3 Å².